The molecule has 1 aliphatic rings. The van der Waals surface area contributed by atoms with E-state index in [1.165, 1.54) is 12.8 Å². The van der Waals surface area contributed by atoms with Crippen LogP contribution in [0.25, 0.3) is 0 Å². The number of carbonyl (C=O) groups excluding carboxylic acids is 1. The molecule has 3 nitrogen and oxygen atoms in total. The van der Waals surface area contributed by atoms with E-state index in [0.29, 0.717) is 11.7 Å². The summed E-state index contributed by atoms with van der Waals surface area (Å²) in [6.07, 6.45) is 2.45. The van der Waals surface area contributed by atoms with Crippen molar-refractivity contribution in [1.29, 1.82) is 0 Å². The maximum absolute atomic E-state index is 11.8. The van der Waals surface area contributed by atoms with Gasteiger partial charge >= 0.3 is 0 Å². The molecule has 0 aliphatic carbocycles. The Hall–Kier alpha value is -0.220. The van der Waals surface area contributed by atoms with E-state index in [-0.39, 0.29) is 16.7 Å². The van der Waals surface area contributed by atoms with Gasteiger partial charge in [-0.2, -0.15) is 0 Å². The molecular weight excluding hydrogens is 232 g/mol. The number of rotatable bonds is 4. The molecule has 1 heterocycles. The minimum Gasteiger partial charge on any atom is -0.353 e. The molecule has 0 aromatic carbocycles. The Morgan fingerprint density at radius 3 is 2.76 bits per heavy atom. The number of hydrogen-bond donors (Lipinski definition) is 2. The number of carbonyl (C=O) groups is 1. The molecule has 2 atom stereocenters. The van der Waals surface area contributed by atoms with Crippen LogP contribution >= 0.6 is 11.8 Å². The molecule has 0 aromatic rings. The highest BCUT2D eigenvalue weighted by molar-refractivity contribution is 8.01. The summed E-state index contributed by atoms with van der Waals surface area (Å²) in [5.74, 6) is 1.32. The van der Waals surface area contributed by atoms with Crippen molar-refractivity contribution < 1.29 is 4.79 Å². The second-order valence-corrected chi connectivity index (χ2v) is 7.67. The second kappa shape index (κ2) is 6.64. The van der Waals surface area contributed by atoms with Gasteiger partial charge in [0.1, 0.15) is 0 Å². The molecule has 1 fully saturated rings. The Morgan fingerprint density at radius 1 is 1.53 bits per heavy atom. The quantitative estimate of drug-likeness (QED) is 0.810. The molecule has 100 valence electrons. The summed E-state index contributed by atoms with van der Waals surface area (Å²) in [4.78, 5) is 11.8. The van der Waals surface area contributed by atoms with Crippen LogP contribution in [-0.2, 0) is 4.79 Å². The zero-order valence-electron chi connectivity index (χ0n) is 11.5. The van der Waals surface area contributed by atoms with E-state index in [4.69, 9.17) is 0 Å². The first-order valence-electron chi connectivity index (χ1n) is 6.52. The van der Waals surface area contributed by atoms with Crippen LogP contribution in [0.15, 0.2) is 0 Å². The molecule has 4 heteroatoms. The van der Waals surface area contributed by atoms with E-state index in [1.54, 1.807) is 11.8 Å². The summed E-state index contributed by atoms with van der Waals surface area (Å²) >= 11 is 1.70. The van der Waals surface area contributed by atoms with Gasteiger partial charge in [-0.05, 0) is 38.8 Å². The van der Waals surface area contributed by atoms with Gasteiger partial charge in [-0.1, -0.05) is 20.8 Å². The molecule has 2 N–H and O–H groups in total. The van der Waals surface area contributed by atoms with Crippen LogP contribution in [0.3, 0.4) is 0 Å². The van der Waals surface area contributed by atoms with Crippen LogP contribution in [-0.4, -0.2) is 35.5 Å². The first-order valence-corrected chi connectivity index (χ1v) is 7.51. The first-order chi connectivity index (χ1) is 7.88. The molecular formula is C13H26N2OS. The van der Waals surface area contributed by atoms with Crippen LogP contribution in [0.4, 0.5) is 0 Å². The lowest BCUT2D eigenvalue weighted by molar-refractivity contribution is -0.119. The van der Waals surface area contributed by atoms with E-state index in [1.807, 2.05) is 0 Å². The Kier molecular flexibility index (Phi) is 5.80. The highest BCUT2D eigenvalue weighted by Gasteiger charge is 2.21. The molecule has 0 saturated carbocycles. The van der Waals surface area contributed by atoms with E-state index >= 15 is 0 Å². The standard InChI is InChI=1S/C13H26N2OS/c1-10(11-6-5-7-14-8-11)15-12(16)9-17-13(2,3)4/h10-11,14H,5-9H2,1-4H3,(H,15,16). The van der Waals surface area contributed by atoms with Crippen molar-refractivity contribution in [3.63, 3.8) is 0 Å². The van der Waals surface area contributed by atoms with Gasteiger partial charge in [0.25, 0.3) is 0 Å². The fraction of sp³-hybridized carbons (Fsp3) is 0.923. The lowest BCUT2D eigenvalue weighted by Crippen LogP contribution is -2.45. The predicted molar refractivity (Wildman–Crippen MR) is 75.4 cm³/mol. The summed E-state index contributed by atoms with van der Waals surface area (Å²) in [5, 5.41) is 6.51. The van der Waals surface area contributed by atoms with Crippen molar-refractivity contribution in [2.45, 2.75) is 51.3 Å². The molecule has 1 amide bonds. The summed E-state index contributed by atoms with van der Waals surface area (Å²) in [6.45, 7) is 10.7. The van der Waals surface area contributed by atoms with Gasteiger partial charge in [-0.25, -0.2) is 0 Å². The van der Waals surface area contributed by atoms with Crippen molar-refractivity contribution in [3.05, 3.63) is 0 Å². The maximum Gasteiger partial charge on any atom is 0.230 e. The number of nitrogens with one attached hydrogen (secondary N) is 2. The van der Waals surface area contributed by atoms with Crippen LogP contribution in [0.2, 0.25) is 0 Å². The third-order valence-electron chi connectivity index (χ3n) is 3.07. The number of thioether (sulfide) groups is 1. The third kappa shape index (κ3) is 6.32. The van der Waals surface area contributed by atoms with Gasteiger partial charge in [-0.15, -0.1) is 11.8 Å². The highest BCUT2D eigenvalue weighted by atomic mass is 32.2. The van der Waals surface area contributed by atoms with Crippen LogP contribution in [0, 0.1) is 5.92 Å². The first kappa shape index (κ1) is 14.8. The molecule has 2 unspecified atom stereocenters. The zero-order valence-corrected chi connectivity index (χ0v) is 12.3. The number of hydrogen-bond acceptors (Lipinski definition) is 3. The van der Waals surface area contributed by atoms with Gasteiger partial charge in [0, 0.05) is 10.8 Å². The fourth-order valence-corrected chi connectivity index (χ4v) is 2.65. The smallest absolute Gasteiger partial charge is 0.230 e. The lowest BCUT2D eigenvalue weighted by atomic mass is 9.93. The van der Waals surface area contributed by atoms with Gasteiger partial charge < -0.3 is 10.6 Å². The van der Waals surface area contributed by atoms with E-state index in [9.17, 15) is 4.79 Å². The summed E-state index contributed by atoms with van der Waals surface area (Å²) < 4.78 is 0.160. The van der Waals surface area contributed by atoms with Crippen molar-refractivity contribution in [3.8, 4) is 0 Å². The Bertz CT molecular complexity index is 244. The zero-order chi connectivity index (χ0) is 12.9. The SMILES string of the molecule is CC(NC(=O)CSC(C)(C)C)C1CCCNC1. The lowest BCUT2D eigenvalue weighted by Gasteiger charge is -2.29. The predicted octanol–water partition coefficient (Wildman–Crippen LogP) is 2.02. The van der Waals surface area contributed by atoms with Crippen molar-refractivity contribution in [1.82, 2.24) is 10.6 Å². The van der Waals surface area contributed by atoms with Crippen LogP contribution in [0.1, 0.15) is 40.5 Å². The van der Waals surface area contributed by atoms with Crippen molar-refractivity contribution in [2.24, 2.45) is 5.92 Å². The van der Waals surface area contributed by atoms with E-state index < -0.39 is 0 Å². The monoisotopic (exact) mass is 258 g/mol. The van der Waals surface area contributed by atoms with Gasteiger partial charge in [0.2, 0.25) is 5.91 Å². The van der Waals surface area contributed by atoms with Crippen molar-refractivity contribution in [2.75, 3.05) is 18.8 Å². The molecule has 0 bridgehead atoms. The van der Waals surface area contributed by atoms with Gasteiger partial charge in [0.05, 0.1) is 5.75 Å². The van der Waals surface area contributed by atoms with Gasteiger partial charge in [-0.3, -0.25) is 4.79 Å². The van der Waals surface area contributed by atoms with Crippen LogP contribution in [0.5, 0.6) is 0 Å². The number of amides is 1. The molecule has 17 heavy (non-hydrogen) atoms. The highest BCUT2D eigenvalue weighted by Crippen LogP contribution is 2.22. The molecule has 0 aromatic heterocycles. The average Bonchev–Trinajstić information content (AvgIpc) is 2.27. The minimum absolute atomic E-state index is 0.160. The summed E-state index contributed by atoms with van der Waals surface area (Å²) in [5.41, 5.74) is 0. The maximum atomic E-state index is 11.8. The fourth-order valence-electron chi connectivity index (χ4n) is 2.00. The summed E-state index contributed by atoms with van der Waals surface area (Å²) in [6, 6.07) is 0.288. The largest absolute Gasteiger partial charge is 0.353 e. The Labute approximate surface area is 109 Å². The molecule has 0 spiro atoms. The average molecular weight is 258 g/mol. The minimum atomic E-state index is 0.160. The molecule has 1 rings (SSSR count). The number of piperidine rings is 1. The van der Waals surface area contributed by atoms with Gasteiger partial charge in [0.15, 0.2) is 0 Å². The van der Waals surface area contributed by atoms with Crippen LogP contribution < -0.4 is 10.6 Å². The van der Waals surface area contributed by atoms with E-state index in [0.717, 1.165) is 13.1 Å². The second-order valence-electron chi connectivity index (χ2n) is 5.86. The normalized spacial score (nSPS) is 23.2. The summed E-state index contributed by atoms with van der Waals surface area (Å²) in [7, 11) is 0. The molecule has 0 radical (unpaired) electrons. The van der Waals surface area contributed by atoms with Crippen molar-refractivity contribution >= 4 is 17.7 Å². The molecule has 1 saturated heterocycles. The topological polar surface area (TPSA) is 41.1 Å². The Balaban J connectivity index is 2.25. The third-order valence-corrected chi connectivity index (χ3v) is 4.34. The Morgan fingerprint density at radius 2 is 2.24 bits per heavy atom. The molecule has 1 aliphatic heterocycles. The van der Waals surface area contributed by atoms with E-state index in [2.05, 4.69) is 38.3 Å².